The third kappa shape index (κ3) is 4.37. The Morgan fingerprint density at radius 2 is 1.71 bits per heavy atom. The number of nitrogens with zero attached hydrogens (tertiary/aromatic N) is 2. The van der Waals surface area contributed by atoms with E-state index < -0.39 is 10.0 Å². The molecule has 0 aliphatic carbocycles. The van der Waals surface area contributed by atoms with Gasteiger partial charge in [-0.2, -0.15) is 0 Å². The fourth-order valence-electron chi connectivity index (χ4n) is 2.91. The lowest BCUT2D eigenvalue weighted by Gasteiger charge is -2.14. The Labute approximate surface area is 164 Å². The summed E-state index contributed by atoms with van der Waals surface area (Å²) in [5.74, 6) is 1.35. The molecule has 1 aromatic heterocycles. The van der Waals surface area contributed by atoms with Gasteiger partial charge in [-0.1, -0.05) is 12.1 Å². The van der Waals surface area contributed by atoms with Crippen LogP contribution in [0.3, 0.4) is 0 Å². The summed E-state index contributed by atoms with van der Waals surface area (Å²) in [6, 6.07) is 11.0. The second kappa shape index (κ2) is 8.49. The maximum Gasteiger partial charge on any atom is 0.213 e. The molecular formula is C19H23N3O5S. The van der Waals surface area contributed by atoms with Crippen LogP contribution in [0, 0.1) is 0 Å². The van der Waals surface area contributed by atoms with Gasteiger partial charge in [0.25, 0.3) is 0 Å². The number of para-hydroxylation sites is 2. The SMILES string of the molecule is COc1cc(CNS(=O)(=O)CCn2cnc3ccccc32)cc(OC)c1OC. The molecule has 0 bridgehead atoms. The van der Waals surface area contributed by atoms with Gasteiger partial charge in [0, 0.05) is 13.1 Å². The Kier molecular flexibility index (Phi) is 6.05. The number of sulfonamides is 1. The minimum Gasteiger partial charge on any atom is -0.493 e. The second-order valence-electron chi connectivity index (χ2n) is 6.10. The van der Waals surface area contributed by atoms with Gasteiger partial charge >= 0.3 is 0 Å². The van der Waals surface area contributed by atoms with E-state index >= 15 is 0 Å². The number of hydrogen-bond acceptors (Lipinski definition) is 6. The predicted octanol–water partition coefficient (Wildman–Crippen LogP) is 2.18. The Bertz CT molecular complexity index is 1040. The standard InChI is InChI=1S/C19H23N3O5S/c1-25-17-10-14(11-18(26-2)19(17)27-3)12-21-28(23,24)9-8-22-13-20-15-6-4-5-7-16(15)22/h4-7,10-11,13,21H,8-9,12H2,1-3H3. The minimum absolute atomic E-state index is 0.0578. The van der Waals surface area contributed by atoms with E-state index in [9.17, 15) is 8.42 Å². The molecule has 0 aliphatic heterocycles. The van der Waals surface area contributed by atoms with Crippen LogP contribution in [-0.4, -0.2) is 45.1 Å². The van der Waals surface area contributed by atoms with Crippen LogP contribution in [0.25, 0.3) is 11.0 Å². The van der Waals surface area contributed by atoms with Gasteiger partial charge < -0.3 is 18.8 Å². The van der Waals surface area contributed by atoms with Crippen molar-refractivity contribution in [1.82, 2.24) is 14.3 Å². The first-order valence-corrected chi connectivity index (χ1v) is 10.3. The molecule has 0 saturated heterocycles. The number of imidazole rings is 1. The number of ether oxygens (including phenoxy) is 3. The van der Waals surface area contributed by atoms with Crippen LogP contribution in [0.5, 0.6) is 17.2 Å². The highest BCUT2D eigenvalue weighted by atomic mass is 32.2. The van der Waals surface area contributed by atoms with E-state index in [0.29, 0.717) is 29.4 Å². The normalized spacial score (nSPS) is 11.5. The quantitative estimate of drug-likeness (QED) is 0.587. The average Bonchev–Trinajstić information content (AvgIpc) is 3.13. The smallest absolute Gasteiger partial charge is 0.213 e. The van der Waals surface area contributed by atoms with Gasteiger partial charge in [0.15, 0.2) is 11.5 Å². The van der Waals surface area contributed by atoms with Crippen LogP contribution >= 0.6 is 0 Å². The number of methoxy groups -OCH3 is 3. The highest BCUT2D eigenvalue weighted by Crippen LogP contribution is 2.38. The van der Waals surface area contributed by atoms with Gasteiger partial charge in [-0.25, -0.2) is 18.1 Å². The number of nitrogens with one attached hydrogen (secondary N) is 1. The minimum atomic E-state index is -3.49. The maximum absolute atomic E-state index is 12.4. The van der Waals surface area contributed by atoms with Crippen LogP contribution in [0.2, 0.25) is 0 Å². The zero-order valence-electron chi connectivity index (χ0n) is 16.0. The number of fused-ring (bicyclic) bond motifs is 1. The first kappa shape index (κ1) is 20.0. The molecule has 1 N–H and O–H groups in total. The van der Waals surface area contributed by atoms with Crippen molar-refractivity contribution in [3.63, 3.8) is 0 Å². The van der Waals surface area contributed by atoms with Crippen LogP contribution < -0.4 is 18.9 Å². The molecule has 1 heterocycles. The summed E-state index contributed by atoms with van der Waals surface area (Å²) < 4.78 is 45.2. The van der Waals surface area contributed by atoms with E-state index in [2.05, 4.69) is 9.71 Å². The van der Waals surface area contributed by atoms with Gasteiger partial charge in [0.2, 0.25) is 15.8 Å². The van der Waals surface area contributed by atoms with Gasteiger partial charge in [0.1, 0.15) is 0 Å². The van der Waals surface area contributed by atoms with Crippen LogP contribution in [0.4, 0.5) is 0 Å². The van der Waals surface area contributed by atoms with E-state index in [0.717, 1.165) is 11.0 Å². The van der Waals surface area contributed by atoms with E-state index in [4.69, 9.17) is 14.2 Å². The van der Waals surface area contributed by atoms with Crippen LogP contribution in [0.1, 0.15) is 5.56 Å². The molecule has 3 rings (SSSR count). The summed E-state index contributed by atoms with van der Waals surface area (Å²) in [5, 5.41) is 0. The molecule has 0 atom stereocenters. The number of aromatic nitrogens is 2. The van der Waals surface area contributed by atoms with Crippen molar-refractivity contribution in [1.29, 1.82) is 0 Å². The number of benzene rings is 2. The molecule has 0 aliphatic rings. The Morgan fingerprint density at radius 1 is 1.04 bits per heavy atom. The Balaban J connectivity index is 1.68. The fourth-order valence-corrected chi connectivity index (χ4v) is 3.88. The third-order valence-electron chi connectivity index (χ3n) is 4.35. The monoisotopic (exact) mass is 405 g/mol. The molecule has 0 unspecified atom stereocenters. The first-order valence-electron chi connectivity index (χ1n) is 8.63. The van der Waals surface area contributed by atoms with Crippen molar-refractivity contribution >= 4 is 21.1 Å². The van der Waals surface area contributed by atoms with Gasteiger partial charge in [-0.3, -0.25) is 0 Å². The molecule has 2 aromatic carbocycles. The zero-order chi connectivity index (χ0) is 20.1. The molecule has 28 heavy (non-hydrogen) atoms. The topological polar surface area (TPSA) is 91.7 Å². The molecule has 0 amide bonds. The molecule has 0 saturated carbocycles. The van der Waals surface area contributed by atoms with Gasteiger partial charge in [-0.15, -0.1) is 0 Å². The van der Waals surface area contributed by atoms with Crippen molar-refractivity contribution in [2.75, 3.05) is 27.1 Å². The van der Waals surface area contributed by atoms with Crippen molar-refractivity contribution in [3.05, 3.63) is 48.3 Å². The Morgan fingerprint density at radius 3 is 2.36 bits per heavy atom. The predicted molar refractivity (Wildman–Crippen MR) is 106 cm³/mol. The second-order valence-corrected chi connectivity index (χ2v) is 8.03. The molecule has 0 fully saturated rings. The highest BCUT2D eigenvalue weighted by molar-refractivity contribution is 7.89. The molecule has 9 heteroatoms. The summed E-state index contributed by atoms with van der Waals surface area (Å²) in [4.78, 5) is 4.28. The summed E-state index contributed by atoms with van der Waals surface area (Å²) in [7, 11) is 1.05. The lowest BCUT2D eigenvalue weighted by Crippen LogP contribution is -2.28. The number of aryl methyl sites for hydroxylation is 1. The van der Waals surface area contributed by atoms with E-state index in [1.165, 1.54) is 21.3 Å². The number of hydrogen-bond donors (Lipinski definition) is 1. The highest BCUT2D eigenvalue weighted by Gasteiger charge is 2.16. The van der Waals surface area contributed by atoms with Gasteiger partial charge in [0.05, 0.1) is 44.4 Å². The van der Waals surface area contributed by atoms with E-state index in [-0.39, 0.29) is 12.3 Å². The summed E-state index contributed by atoms with van der Waals surface area (Å²) in [6.07, 6.45) is 1.65. The lowest BCUT2D eigenvalue weighted by atomic mass is 10.2. The molecule has 150 valence electrons. The number of rotatable bonds is 9. The van der Waals surface area contributed by atoms with E-state index in [1.807, 2.05) is 28.8 Å². The van der Waals surface area contributed by atoms with Gasteiger partial charge in [-0.05, 0) is 29.8 Å². The van der Waals surface area contributed by atoms with Crippen molar-refractivity contribution in [3.8, 4) is 17.2 Å². The summed E-state index contributed by atoms with van der Waals surface area (Å²) in [5.41, 5.74) is 2.44. The zero-order valence-corrected chi connectivity index (χ0v) is 16.8. The van der Waals surface area contributed by atoms with Crippen molar-refractivity contribution in [2.45, 2.75) is 13.1 Å². The largest absolute Gasteiger partial charge is 0.493 e. The molecule has 0 spiro atoms. The Hall–Kier alpha value is -2.78. The van der Waals surface area contributed by atoms with Crippen LogP contribution in [0.15, 0.2) is 42.7 Å². The third-order valence-corrected chi connectivity index (χ3v) is 5.65. The molecule has 3 aromatic rings. The molecule has 0 radical (unpaired) electrons. The van der Waals surface area contributed by atoms with Crippen molar-refractivity contribution < 1.29 is 22.6 Å². The first-order chi connectivity index (χ1) is 13.5. The maximum atomic E-state index is 12.4. The summed E-state index contributed by atoms with van der Waals surface area (Å²) >= 11 is 0. The van der Waals surface area contributed by atoms with Crippen molar-refractivity contribution in [2.24, 2.45) is 0 Å². The van der Waals surface area contributed by atoms with E-state index in [1.54, 1.807) is 18.5 Å². The molecule has 8 nitrogen and oxygen atoms in total. The average molecular weight is 405 g/mol. The fraction of sp³-hybridized carbons (Fsp3) is 0.316. The van der Waals surface area contributed by atoms with Crippen LogP contribution in [-0.2, 0) is 23.1 Å². The summed E-state index contributed by atoms with van der Waals surface area (Å²) in [6.45, 7) is 0.425. The lowest BCUT2D eigenvalue weighted by molar-refractivity contribution is 0.323. The molecular weight excluding hydrogens is 382 g/mol.